The van der Waals surface area contributed by atoms with Gasteiger partial charge in [0, 0.05) is 6.42 Å². The van der Waals surface area contributed by atoms with Gasteiger partial charge in [0.2, 0.25) is 5.91 Å². The number of nitrogens with one attached hydrogen (secondary N) is 1. The number of likely N-dealkylation sites (N-methyl/N-ethyl adjacent to an activating group) is 1. The lowest BCUT2D eigenvalue weighted by Crippen LogP contribution is -2.45. The van der Waals surface area contributed by atoms with Crippen LogP contribution in [0.2, 0.25) is 0 Å². The van der Waals surface area contributed by atoms with Crippen LogP contribution in [0.4, 0.5) is 0 Å². The second-order valence-electron chi connectivity index (χ2n) is 17.8. The van der Waals surface area contributed by atoms with E-state index in [0.29, 0.717) is 17.4 Å². The van der Waals surface area contributed by atoms with Crippen molar-refractivity contribution in [1.29, 1.82) is 0 Å². The van der Waals surface area contributed by atoms with Crippen molar-refractivity contribution in [3.8, 4) is 0 Å². The van der Waals surface area contributed by atoms with Crippen LogP contribution in [0.5, 0.6) is 0 Å². The predicted molar refractivity (Wildman–Crippen MR) is 247 cm³/mol. The van der Waals surface area contributed by atoms with Crippen molar-refractivity contribution in [3.05, 3.63) is 36.5 Å². The highest BCUT2D eigenvalue weighted by atomic mass is 31.2. The molecule has 1 amide bonds. The SMILES string of the molecule is CCCCCCCCCCCCCCCCCCC/C=C/CC/C=C/CC/C=C/C(O)C(COP(=O)([O-])OCC[N+](C)(C)C)NC(=O)CCCCCCCCCCC. The maximum Gasteiger partial charge on any atom is 0.268 e. The number of nitrogens with zero attached hydrogens (tertiary/aromatic N) is 1. The first-order valence-electron chi connectivity index (χ1n) is 24.4. The van der Waals surface area contributed by atoms with E-state index in [0.717, 1.165) is 44.9 Å². The summed E-state index contributed by atoms with van der Waals surface area (Å²) < 4.78 is 23.1. The number of amides is 1. The number of carbonyl (C=O) groups excluding carboxylic acids is 1. The van der Waals surface area contributed by atoms with E-state index in [-0.39, 0.29) is 12.5 Å². The Labute approximate surface area is 359 Å². The highest BCUT2D eigenvalue weighted by molar-refractivity contribution is 7.45. The van der Waals surface area contributed by atoms with E-state index in [4.69, 9.17) is 9.05 Å². The van der Waals surface area contributed by atoms with Gasteiger partial charge in [-0.05, 0) is 44.9 Å². The molecule has 3 atom stereocenters. The van der Waals surface area contributed by atoms with E-state index in [1.165, 1.54) is 154 Å². The fourth-order valence-corrected chi connectivity index (χ4v) is 7.67. The van der Waals surface area contributed by atoms with Crippen LogP contribution < -0.4 is 10.2 Å². The Balaban J connectivity index is 4.24. The Morgan fingerprint density at radius 2 is 0.966 bits per heavy atom. The first kappa shape index (κ1) is 56.7. The van der Waals surface area contributed by atoms with Crippen LogP contribution >= 0.6 is 7.82 Å². The molecule has 0 fully saturated rings. The van der Waals surface area contributed by atoms with Gasteiger partial charge < -0.3 is 28.8 Å². The molecule has 0 spiro atoms. The third kappa shape index (κ3) is 42.8. The molecule has 0 saturated carbocycles. The average Bonchev–Trinajstić information content (AvgIpc) is 3.17. The molecule has 0 rings (SSSR count). The fourth-order valence-electron chi connectivity index (χ4n) is 6.95. The van der Waals surface area contributed by atoms with Crippen molar-refractivity contribution in [2.45, 2.75) is 231 Å². The number of carbonyl (C=O) groups is 1. The lowest BCUT2D eigenvalue weighted by Gasteiger charge is -2.29. The van der Waals surface area contributed by atoms with E-state index in [1.807, 2.05) is 27.2 Å². The van der Waals surface area contributed by atoms with Crippen LogP contribution in [0, 0.1) is 0 Å². The summed E-state index contributed by atoms with van der Waals surface area (Å²) >= 11 is 0. The van der Waals surface area contributed by atoms with E-state index < -0.39 is 26.6 Å². The molecule has 0 aromatic carbocycles. The van der Waals surface area contributed by atoms with E-state index in [2.05, 4.69) is 43.5 Å². The molecule has 0 aliphatic heterocycles. The molecule has 0 aliphatic carbocycles. The summed E-state index contributed by atoms with van der Waals surface area (Å²) in [5.41, 5.74) is 0. The largest absolute Gasteiger partial charge is 0.756 e. The summed E-state index contributed by atoms with van der Waals surface area (Å²) in [6.07, 6.45) is 50.9. The molecule has 0 radical (unpaired) electrons. The molecule has 0 heterocycles. The fraction of sp³-hybridized carbons (Fsp3) is 0.857. The van der Waals surface area contributed by atoms with Gasteiger partial charge in [0.05, 0.1) is 39.9 Å². The number of unbranched alkanes of at least 4 members (excludes halogenated alkanes) is 27. The predicted octanol–water partition coefficient (Wildman–Crippen LogP) is 13.2. The Morgan fingerprint density at radius 3 is 1.40 bits per heavy atom. The van der Waals surface area contributed by atoms with Crippen LogP contribution in [0.1, 0.15) is 219 Å². The smallest absolute Gasteiger partial charge is 0.268 e. The minimum absolute atomic E-state index is 0.00815. The van der Waals surface area contributed by atoms with Crippen molar-refractivity contribution in [3.63, 3.8) is 0 Å². The topological polar surface area (TPSA) is 108 Å². The van der Waals surface area contributed by atoms with Gasteiger partial charge in [0.1, 0.15) is 13.2 Å². The van der Waals surface area contributed by atoms with Crippen molar-refractivity contribution in [2.75, 3.05) is 40.9 Å². The summed E-state index contributed by atoms with van der Waals surface area (Å²) in [5.74, 6) is -0.215. The third-order valence-electron chi connectivity index (χ3n) is 10.8. The van der Waals surface area contributed by atoms with Gasteiger partial charge in [-0.2, -0.15) is 0 Å². The maximum atomic E-state index is 12.8. The van der Waals surface area contributed by atoms with E-state index in [9.17, 15) is 19.4 Å². The number of hydrogen-bond acceptors (Lipinski definition) is 6. The summed E-state index contributed by atoms with van der Waals surface area (Å²) in [7, 11) is 1.24. The highest BCUT2D eigenvalue weighted by Crippen LogP contribution is 2.38. The quantitative estimate of drug-likeness (QED) is 0.0274. The third-order valence-corrected chi connectivity index (χ3v) is 11.8. The van der Waals surface area contributed by atoms with Crippen molar-refractivity contribution in [1.82, 2.24) is 5.32 Å². The normalized spacial score (nSPS) is 14.5. The Bertz CT molecular complexity index is 1040. The number of hydrogen-bond donors (Lipinski definition) is 2. The molecule has 2 N–H and O–H groups in total. The number of quaternary nitrogens is 1. The second-order valence-corrected chi connectivity index (χ2v) is 19.2. The molecule has 0 aliphatic rings. The minimum atomic E-state index is -4.59. The summed E-state index contributed by atoms with van der Waals surface area (Å²) in [6, 6.07) is -0.905. The van der Waals surface area contributed by atoms with Gasteiger partial charge in [-0.25, -0.2) is 0 Å². The lowest BCUT2D eigenvalue weighted by molar-refractivity contribution is -0.870. The molecule has 9 heteroatoms. The van der Waals surface area contributed by atoms with Crippen molar-refractivity contribution in [2.24, 2.45) is 0 Å². The zero-order valence-electron chi connectivity index (χ0n) is 38.8. The van der Waals surface area contributed by atoms with Crippen LogP contribution in [0.15, 0.2) is 36.5 Å². The zero-order valence-corrected chi connectivity index (χ0v) is 39.6. The number of phosphoric acid groups is 1. The van der Waals surface area contributed by atoms with Crippen LogP contribution in [-0.2, 0) is 18.4 Å². The molecule has 0 aromatic rings. The van der Waals surface area contributed by atoms with E-state index >= 15 is 0 Å². The van der Waals surface area contributed by atoms with Gasteiger partial charge in [-0.15, -0.1) is 0 Å². The highest BCUT2D eigenvalue weighted by Gasteiger charge is 2.23. The summed E-state index contributed by atoms with van der Waals surface area (Å²) in [4.78, 5) is 25.2. The van der Waals surface area contributed by atoms with Crippen molar-refractivity contribution >= 4 is 13.7 Å². The lowest BCUT2D eigenvalue weighted by atomic mass is 10.0. The first-order chi connectivity index (χ1) is 28.0. The first-order valence-corrected chi connectivity index (χ1v) is 25.8. The van der Waals surface area contributed by atoms with Gasteiger partial charge in [-0.3, -0.25) is 9.36 Å². The number of allylic oxidation sites excluding steroid dienone is 5. The minimum Gasteiger partial charge on any atom is -0.756 e. The molecular weight excluding hydrogens is 744 g/mol. The Morgan fingerprint density at radius 1 is 0.586 bits per heavy atom. The van der Waals surface area contributed by atoms with E-state index in [1.54, 1.807) is 6.08 Å². The van der Waals surface area contributed by atoms with Gasteiger partial charge in [0.15, 0.2) is 0 Å². The average molecular weight is 839 g/mol. The van der Waals surface area contributed by atoms with Crippen molar-refractivity contribution < 1.29 is 32.9 Å². The number of rotatable bonds is 44. The van der Waals surface area contributed by atoms with Crippen LogP contribution in [0.25, 0.3) is 0 Å². The summed E-state index contributed by atoms with van der Waals surface area (Å²) in [5, 5.41) is 13.7. The molecule has 0 bridgehead atoms. The molecular formula is C49H95N2O6P. The molecule has 3 unspecified atom stereocenters. The second kappa shape index (κ2) is 41.1. The van der Waals surface area contributed by atoms with Gasteiger partial charge in [0.25, 0.3) is 7.82 Å². The monoisotopic (exact) mass is 839 g/mol. The number of phosphoric ester groups is 1. The Kier molecular flexibility index (Phi) is 40.2. The van der Waals surface area contributed by atoms with Crippen LogP contribution in [-0.4, -0.2) is 68.5 Å². The zero-order chi connectivity index (χ0) is 42.8. The summed E-state index contributed by atoms with van der Waals surface area (Å²) in [6.45, 7) is 4.60. The van der Waals surface area contributed by atoms with Gasteiger partial charge in [-0.1, -0.05) is 204 Å². The number of aliphatic hydroxyl groups excluding tert-OH is 1. The number of aliphatic hydroxyl groups is 1. The maximum absolute atomic E-state index is 12.8. The molecule has 0 saturated heterocycles. The van der Waals surface area contributed by atoms with Crippen LogP contribution in [0.3, 0.4) is 0 Å². The Hall–Kier alpha value is -1.28. The molecule has 0 aromatic heterocycles. The molecule has 58 heavy (non-hydrogen) atoms. The standard InChI is InChI=1S/C49H95N2O6P/c1-6-8-10-12-14-16-17-18-19-20-21-22-23-24-25-26-27-28-29-30-31-32-33-35-36-38-40-42-48(52)47(46-57-58(54,55)56-45-44-51(3,4)5)50-49(53)43-41-39-37-34-15-13-11-9-7-2/h29-30,33,35,40,42,47-48,52H,6-28,31-32,34,36-39,41,43-46H2,1-5H3,(H-,50,53,54,55)/b30-29+,35-33+,42-40+. The molecule has 8 nitrogen and oxygen atoms in total. The molecule has 342 valence electrons. The van der Waals surface area contributed by atoms with Gasteiger partial charge >= 0.3 is 0 Å².